The number of aliphatic hydroxyl groups is 1. The van der Waals surface area contributed by atoms with Gasteiger partial charge in [0.15, 0.2) is 0 Å². The van der Waals surface area contributed by atoms with Crippen LogP contribution in [0.1, 0.15) is 22.3 Å². The molecule has 0 bridgehead atoms. The lowest BCUT2D eigenvalue weighted by molar-refractivity contribution is -0.400. The van der Waals surface area contributed by atoms with Gasteiger partial charge >= 0.3 is 18.0 Å². The lowest BCUT2D eigenvalue weighted by atomic mass is 9.91. The molecule has 1 N–H and O–H groups in total. The highest BCUT2D eigenvalue weighted by molar-refractivity contribution is 9.10. The van der Waals surface area contributed by atoms with Crippen molar-refractivity contribution < 1.29 is 40.6 Å². The summed E-state index contributed by atoms with van der Waals surface area (Å²) in [5, 5.41) is 13.7. The summed E-state index contributed by atoms with van der Waals surface area (Å²) in [7, 11) is 0. The average Bonchev–Trinajstić information content (AvgIpc) is 3.06. The number of benzene rings is 2. The standard InChI is InChI=1S/C19H12BrF7N2O2/c20-13-8-4-7-12(9-13)15(30)29-16(31,17(21,22)18(23,24)19(25,26)27)10-14(28-29)11-5-2-1-3-6-11/h1-9,31H,10H2/t16-/m0/s1. The molecule has 0 aromatic heterocycles. The Kier molecular flexibility index (Phi) is 5.68. The van der Waals surface area contributed by atoms with Gasteiger partial charge in [0.1, 0.15) is 0 Å². The quantitative estimate of drug-likeness (QED) is 0.571. The monoisotopic (exact) mass is 512 g/mol. The Morgan fingerprint density at radius 3 is 2.16 bits per heavy atom. The second-order valence-corrected chi connectivity index (χ2v) is 7.60. The maximum absolute atomic E-state index is 14.7. The van der Waals surface area contributed by atoms with Gasteiger partial charge in [-0.05, 0) is 23.8 Å². The van der Waals surface area contributed by atoms with E-state index in [9.17, 15) is 40.6 Å². The van der Waals surface area contributed by atoms with Gasteiger partial charge in [-0.2, -0.15) is 40.8 Å². The summed E-state index contributed by atoms with van der Waals surface area (Å²) in [6, 6.07) is 12.0. The first-order valence-electron chi connectivity index (χ1n) is 8.50. The topological polar surface area (TPSA) is 52.9 Å². The number of hydrazone groups is 1. The van der Waals surface area contributed by atoms with Crippen LogP contribution in [0.15, 0.2) is 64.2 Å². The summed E-state index contributed by atoms with van der Waals surface area (Å²) in [4.78, 5) is 12.8. The number of alkyl halides is 7. The van der Waals surface area contributed by atoms with Crippen molar-refractivity contribution >= 4 is 27.5 Å². The molecule has 1 atom stereocenters. The number of carbonyl (C=O) groups excluding carboxylic acids is 1. The molecule has 1 aliphatic rings. The second kappa shape index (κ2) is 7.59. The Labute approximate surface area is 179 Å². The fraction of sp³-hybridized carbons (Fsp3) is 0.263. The maximum Gasteiger partial charge on any atom is 0.460 e. The molecule has 0 radical (unpaired) electrons. The molecular formula is C19H12BrF7N2O2. The molecule has 0 saturated heterocycles. The Bertz CT molecular complexity index is 1030. The van der Waals surface area contributed by atoms with Gasteiger partial charge in [0.05, 0.1) is 5.71 Å². The minimum Gasteiger partial charge on any atom is -0.364 e. The molecule has 31 heavy (non-hydrogen) atoms. The van der Waals surface area contributed by atoms with Crippen LogP contribution in [0.2, 0.25) is 0 Å². The van der Waals surface area contributed by atoms with Crippen LogP contribution in [0.4, 0.5) is 30.7 Å². The van der Waals surface area contributed by atoms with E-state index in [2.05, 4.69) is 21.0 Å². The molecule has 1 amide bonds. The summed E-state index contributed by atoms with van der Waals surface area (Å²) in [6.45, 7) is 0. The first-order valence-corrected chi connectivity index (χ1v) is 9.29. The molecule has 0 fully saturated rings. The number of carbonyl (C=O) groups is 1. The van der Waals surface area contributed by atoms with Gasteiger partial charge in [0.25, 0.3) is 5.91 Å². The second-order valence-electron chi connectivity index (χ2n) is 6.68. The first kappa shape index (κ1) is 23.2. The zero-order valence-electron chi connectivity index (χ0n) is 15.2. The van der Waals surface area contributed by atoms with Crippen molar-refractivity contribution in [2.45, 2.75) is 30.2 Å². The highest BCUT2D eigenvalue weighted by Crippen LogP contribution is 2.54. The molecule has 0 saturated carbocycles. The molecular weight excluding hydrogens is 501 g/mol. The summed E-state index contributed by atoms with van der Waals surface area (Å²) < 4.78 is 95.6. The third kappa shape index (κ3) is 3.71. The maximum atomic E-state index is 14.7. The van der Waals surface area contributed by atoms with E-state index in [4.69, 9.17) is 0 Å². The molecule has 2 aromatic carbocycles. The van der Waals surface area contributed by atoms with Crippen LogP contribution in [0.5, 0.6) is 0 Å². The van der Waals surface area contributed by atoms with Crippen LogP contribution in [-0.4, -0.2) is 45.5 Å². The molecule has 0 aliphatic carbocycles. The molecule has 3 rings (SSSR count). The summed E-state index contributed by atoms with van der Waals surface area (Å²) in [5.74, 6) is -14.3. The summed E-state index contributed by atoms with van der Waals surface area (Å²) >= 11 is 3.03. The number of hydrogen-bond donors (Lipinski definition) is 1. The van der Waals surface area contributed by atoms with Gasteiger partial charge in [-0.25, -0.2) is 0 Å². The third-order valence-electron chi connectivity index (χ3n) is 4.61. The van der Waals surface area contributed by atoms with E-state index >= 15 is 0 Å². The predicted octanol–water partition coefficient (Wildman–Crippen LogP) is 5.22. The molecule has 1 aliphatic heterocycles. The van der Waals surface area contributed by atoms with Crippen LogP contribution < -0.4 is 0 Å². The van der Waals surface area contributed by atoms with Gasteiger partial charge in [-0.3, -0.25) is 4.79 Å². The largest absolute Gasteiger partial charge is 0.460 e. The molecule has 0 unspecified atom stereocenters. The molecule has 2 aromatic rings. The zero-order chi connectivity index (χ0) is 23.2. The Morgan fingerprint density at radius 1 is 1.00 bits per heavy atom. The van der Waals surface area contributed by atoms with Gasteiger partial charge in [-0.15, -0.1) is 0 Å². The minimum atomic E-state index is -6.70. The van der Waals surface area contributed by atoms with E-state index in [-0.39, 0.29) is 11.1 Å². The molecule has 1 heterocycles. The Morgan fingerprint density at radius 2 is 1.61 bits per heavy atom. The third-order valence-corrected chi connectivity index (χ3v) is 5.10. The van der Waals surface area contributed by atoms with Crippen molar-refractivity contribution in [1.82, 2.24) is 5.01 Å². The highest BCUT2D eigenvalue weighted by atomic mass is 79.9. The van der Waals surface area contributed by atoms with Crippen molar-refractivity contribution in [2.75, 3.05) is 0 Å². The van der Waals surface area contributed by atoms with Crippen molar-refractivity contribution in [1.29, 1.82) is 0 Å². The summed E-state index contributed by atoms with van der Waals surface area (Å²) in [6.07, 6.45) is -8.17. The number of rotatable bonds is 4. The van der Waals surface area contributed by atoms with Crippen LogP contribution in [-0.2, 0) is 0 Å². The SMILES string of the molecule is O=C(c1cccc(Br)c1)N1N=C(c2ccccc2)C[C@]1(O)C(F)(F)C(F)(F)C(F)(F)F. The zero-order valence-corrected chi connectivity index (χ0v) is 16.8. The molecule has 4 nitrogen and oxygen atoms in total. The normalized spacial score (nSPS) is 20.0. The number of nitrogens with zero attached hydrogens (tertiary/aromatic N) is 2. The number of hydrogen-bond acceptors (Lipinski definition) is 3. The van der Waals surface area contributed by atoms with Crippen LogP contribution >= 0.6 is 15.9 Å². The van der Waals surface area contributed by atoms with Crippen LogP contribution in [0.3, 0.4) is 0 Å². The smallest absolute Gasteiger partial charge is 0.364 e. The van der Waals surface area contributed by atoms with Gasteiger partial charge in [-0.1, -0.05) is 52.3 Å². The van der Waals surface area contributed by atoms with E-state index in [1.807, 2.05) is 0 Å². The summed E-state index contributed by atoms with van der Waals surface area (Å²) in [5.41, 5.74) is -5.09. The van der Waals surface area contributed by atoms with Crippen LogP contribution in [0, 0.1) is 0 Å². The first-order chi connectivity index (χ1) is 14.2. The molecule has 166 valence electrons. The van der Waals surface area contributed by atoms with Crippen molar-refractivity contribution in [3.63, 3.8) is 0 Å². The number of amides is 1. The van der Waals surface area contributed by atoms with Gasteiger partial charge in [0.2, 0.25) is 5.72 Å². The van der Waals surface area contributed by atoms with Gasteiger partial charge < -0.3 is 5.11 Å². The highest BCUT2D eigenvalue weighted by Gasteiger charge is 2.82. The van der Waals surface area contributed by atoms with E-state index in [0.717, 1.165) is 12.1 Å². The van der Waals surface area contributed by atoms with Crippen molar-refractivity contribution in [2.24, 2.45) is 5.10 Å². The Hall–Kier alpha value is -2.47. The predicted molar refractivity (Wildman–Crippen MR) is 98.8 cm³/mol. The lowest BCUT2D eigenvalue weighted by Gasteiger charge is -2.41. The molecule has 0 spiro atoms. The average molecular weight is 513 g/mol. The van der Waals surface area contributed by atoms with E-state index in [0.29, 0.717) is 4.47 Å². The van der Waals surface area contributed by atoms with Crippen molar-refractivity contribution in [3.8, 4) is 0 Å². The van der Waals surface area contributed by atoms with Gasteiger partial charge in [0, 0.05) is 16.5 Å². The van der Waals surface area contributed by atoms with Crippen molar-refractivity contribution in [3.05, 3.63) is 70.2 Å². The van der Waals surface area contributed by atoms with E-state index in [1.54, 1.807) is 0 Å². The van der Waals surface area contributed by atoms with Crippen LogP contribution in [0.25, 0.3) is 0 Å². The van der Waals surface area contributed by atoms with E-state index < -0.39 is 46.8 Å². The molecule has 12 heteroatoms. The fourth-order valence-electron chi connectivity index (χ4n) is 2.97. The fourth-order valence-corrected chi connectivity index (χ4v) is 3.37. The minimum absolute atomic E-state index is 0.0524. The van der Waals surface area contributed by atoms with E-state index in [1.165, 1.54) is 42.5 Å². The number of halogens is 8. The lowest BCUT2D eigenvalue weighted by Crippen LogP contribution is -2.69. The Balaban J connectivity index is 2.16.